The summed E-state index contributed by atoms with van der Waals surface area (Å²) in [5, 5.41) is 0. The van der Waals surface area contributed by atoms with Crippen molar-refractivity contribution in [3.63, 3.8) is 0 Å². The first kappa shape index (κ1) is 46.7. The number of rotatable bonds is 36. The summed E-state index contributed by atoms with van der Waals surface area (Å²) in [5.74, 6) is 13.9. The first-order valence-corrected chi connectivity index (χ1v) is 22.2. The average Bonchev–Trinajstić information content (AvgIpc) is 3.08. The fraction of sp³-hybridized carbons (Fsp3) is 0.909. The molecule has 1 nitrogen and oxygen atoms in total. The summed E-state index contributed by atoms with van der Waals surface area (Å²) in [5.41, 5.74) is 0. The van der Waals surface area contributed by atoms with E-state index in [1.54, 1.807) is 0 Å². The molecule has 0 aliphatic rings. The molecule has 276 valence electrons. The van der Waals surface area contributed by atoms with Gasteiger partial charge in [-0.05, 0) is 37.5 Å². The van der Waals surface area contributed by atoms with E-state index in [0.717, 1.165) is 17.6 Å². The van der Waals surface area contributed by atoms with E-state index >= 15 is 0 Å². The summed E-state index contributed by atoms with van der Waals surface area (Å²) in [6.45, 7) is 8.73. The third kappa shape index (κ3) is 35.3. The van der Waals surface area contributed by atoms with Gasteiger partial charge in [0, 0.05) is 0 Å². The fourth-order valence-electron chi connectivity index (χ4n) is 7.02. The van der Waals surface area contributed by atoms with Crippen LogP contribution in [0.25, 0.3) is 0 Å². The van der Waals surface area contributed by atoms with Crippen molar-refractivity contribution in [1.82, 2.24) is 0 Å². The van der Waals surface area contributed by atoms with Crippen molar-refractivity contribution >= 4 is 23.2 Å². The maximum absolute atomic E-state index is 5.93. The lowest BCUT2D eigenvalue weighted by Gasteiger charge is -2.36. The Kier molecular flexibility index (Phi) is 39.8. The topological polar surface area (TPSA) is 0 Å². The zero-order valence-corrected chi connectivity index (χ0v) is 33.6. The van der Waals surface area contributed by atoms with Crippen molar-refractivity contribution in [2.75, 3.05) is 37.9 Å². The van der Waals surface area contributed by atoms with Crippen LogP contribution in [-0.2, 0) is 0 Å². The van der Waals surface area contributed by atoms with Gasteiger partial charge in [0.25, 0.3) is 0 Å². The van der Waals surface area contributed by atoms with Crippen molar-refractivity contribution in [1.29, 1.82) is 0 Å². The predicted molar refractivity (Wildman–Crippen MR) is 216 cm³/mol. The minimum atomic E-state index is 0.422. The zero-order valence-electron chi connectivity index (χ0n) is 32.1. The molecule has 0 aliphatic carbocycles. The Morgan fingerprint density at radius 3 is 0.723 bits per heavy atom. The van der Waals surface area contributed by atoms with Crippen molar-refractivity contribution in [2.45, 2.75) is 219 Å². The summed E-state index contributed by atoms with van der Waals surface area (Å²) >= 11 is 11.9. The molecule has 0 rings (SSSR count). The summed E-state index contributed by atoms with van der Waals surface area (Å²) in [6.07, 6.45) is 45.2. The summed E-state index contributed by atoms with van der Waals surface area (Å²) in [6, 6.07) is 0. The van der Waals surface area contributed by atoms with Crippen molar-refractivity contribution < 1.29 is 4.48 Å². The lowest BCUT2D eigenvalue weighted by atomic mass is 10.0. The molecular weight excluding hydrogens is 613 g/mol. The third-order valence-corrected chi connectivity index (χ3v) is 10.5. The summed E-state index contributed by atoms with van der Waals surface area (Å²) in [4.78, 5) is 0. The highest BCUT2D eigenvalue weighted by Crippen LogP contribution is 2.18. The average molecular weight is 696 g/mol. The van der Waals surface area contributed by atoms with Crippen molar-refractivity contribution in [2.24, 2.45) is 0 Å². The molecule has 0 fully saturated rings. The van der Waals surface area contributed by atoms with Crippen LogP contribution in [0.1, 0.15) is 219 Å². The maximum Gasteiger partial charge on any atom is 0.141 e. The second-order valence-electron chi connectivity index (χ2n) is 14.7. The molecule has 3 heteroatoms. The van der Waals surface area contributed by atoms with E-state index in [0.29, 0.717) is 11.8 Å². The Morgan fingerprint density at radius 1 is 0.298 bits per heavy atom. The van der Waals surface area contributed by atoms with Gasteiger partial charge in [0.15, 0.2) is 0 Å². The Morgan fingerprint density at radius 2 is 0.511 bits per heavy atom. The molecule has 0 aromatic rings. The van der Waals surface area contributed by atoms with Crippen LogP contribution in [0.15, 0.2) is 0 Å². The van der Waals surface area contributed by atoms with E-state index in [2.05, 4.69) is 37.5 Å². The fourth-order valence-corrected chi connectivity index (χ4v) is 7.21. The van der Waals surface area contributed by atoms with Crippen LogP contribution in [0.5, 0.6) is 0 Å². The van der Waals surface area contributed by atoms with E-state index < -0.39 is 0 Å². The van der Waals surface area contributed by atoms with Crippen LogP contribution < -0.4 is 0 Å². The van der Waals surface area contributed by atoms with Crippen LogP contribution in [0.2, 0.25) is 0 Å². The number of quaternary nitrogens is 1. The molecule has 0 aromatic carbocycles. The second-order valence-corrected chi connectivity index (χ2v) is 15.2. The Balaban J connectivity index is 4.15. The Hall–Kier alpha value is -0.340. The van der Waals surface area contributed by atoms with Gasteiger partial charge in [0.05, 0.1) is 24.8 Å². The van der Waals surface area contributed by atoms with E-state index in [1.807, 2.05) is 0 Å². The zero-order chi connectivity index (χ0) is 34.2. The molecule has 0 bridgehead atoms. The maximum atomic E-state index is 5.93. The van der Waals surface area contributed by atoms with Crippen LogP contribution in [0, 0.1) is 23.7 Å². The van der Waals surface area contributed by atoms with E-state index in [9.17, 15) is 0 Å². The highest BCUT2D eigenvalue weighted by molar-refractivity contribution is 6.19. The van der Waals surface area contributed by atoms with Crippen LogP contribution in [0.3, 0.4) is 0 Å². The highest BCUT2D eigenvalue weighted by Gasteiger charge is 2.24. The molecule has 0 N–H and O–H groups in total. The monoisotopic (exact) mass is 695 g/mol. The number of alkyl halides is 2. The largest absolute Gasteiger partial charge is 0.303 e. The van der Waals surface area contributed by atoms with Crippen LogP contribution >= 0.6 is 23.2 Å². The van der Waals surface area contributed by atoms with Gasteiger partial charge in [0.2, 0.25) is 0 Å². The van der Waals surface area contributed by atoms with Crippen molar-refractivity contribution in [3.05, 3.63) is 0 Å². The quantitative estimate of drug-likeness (QED) is 0.0265. The molecule has 0 amide bonds. The Labute approximate surface area is 307 Å². The van der Waals surface area contributed by atoms with Crippen LogP contribution in [0.4, 0.5) is 0 Å². The molecule has 0 unspecified atom stereocenters. The third-order valence-electron chi connectivity index (χ3n) is 10.2. The van der Waals surface area contributed by atoms with Crippen LogP contribution in [-0.4, -0.2) is 42.4 Å². The minimum Gasteiger partial charge on any atom is -0.303 e. The van der Waals surface area contributed by atoms with Gasteiger partial charge in [-0.15, -0.1) is 23.2 Å². The first-order chi connectivity index (χ1) is 23.2. The number of nitrogens with zero attached hydrogens (tertiary/aromatic N) is 1. The van der Waals surface area contributed by atoms with E-state index in [-0.39, 0.29) is 0 Å². The first-order valence-electron chi connectivity index (χ1n) is 21.1. The molecule has 0 saturated heterocycles. The molecule has 0 aliphatic heterocycles. The number of hydrogen-bond acceptors (Lipinski definition) is 0. The van der Waals surface area contributed by atoms with Gasteiger partial charge in [-0.3, -0.25) is 0 Å². The number of halogens is 2. The predicted octanol–water partition coefficient (Wildman–Crippen LogP) is 14.8. The number of unbranched alkanes of at least 4 members (excludes halogenated alkanes) is 30. The second kappa shape index (κ2) is 40.1. The summed E-state index contributed by atoms with van der Waals surface area (Å²) in [7, 11) is 0. The molecular formula is C44H82Cl2N+. The minimum absolute atomic E-state index is 0.422. The molecule has 0 aromatic heterocycles. The molecule has 0 spiro atoms. The standard InChI is InChI=1S/C44H82Cl2N/c1-3-5-7-9-11-13-15-17-19-21-23-25-27-29-31-35-41-47(43-37-33-39-45,44-38-34-40-46)42-36-32-30-28-26-24-22-20-18-16-14-12-10-8-6-4-2/h3-32,35-36,39-44H2,1-2H3/q+1. The van der Waals surface area contributed by atoms with Gasteiger partial charge in [-0.25, -0.2) is 0 Å². The van der Waals surface area contributed by atoms with Gasteiger partial charge in [-0.2, -0.15) is 0 Å². The molecule has 47 heavy (non-hydrogen) atoms. The van der Waals surface area contributed by atoms with Crippen molar-refractivity contribution in [3.8, 4) is 23.7 Å². The Bertz CT molecular complexity index is 665. The normalized spacial score (nSPS) is 11.3. The molecule has 0 atom stereocenters. The van der Waals surface area contributed by atoms with E-state index in [1.165, 1.54) is 219 Å². The SMILES string of the molecule is CCCCCCCCCCCCCCCCCC[N+](CC#CCCl)(CC#CCCl)CCCCCCCCCCCCCCCCCC. The lowest BCUT2D eigenvalue weighted by molar-refractivity contribution is -0.915. The highest BCUT2D eigenvalue weighted by atomic mass is 35.5. The van der Waals surface area contributed by atoms with Gasteiger partial charge >= 0.3 is 0 Å². The molecule has 0 saturated carbocycles. The van der Waals surface area contributed by atoms with Gasteiger partial charge < -0.3 is 4.48 Å². The smallest absolute Gasteiger partial charge is 0.141 e. The molecule has 0 heterocycles. The summed E-state index contributed by atoms with van der Waals surface area (Å²) < 4.78 is 1.00. The number of hydrogen-bond donors (Lipinski definition) is 0. The lowest BCUT2D eigenvalue weighted by Crippen LogP contribution is -2.50. The molecule has 0 radical (unpaired) electrons. The van der Waals surface area contributed by atoms with Gasteiger partial charge in [-0.1, -0.05) is 205 Å². The van der Waals surface area contributed by atoms with Gasteiger partial charge in [0.1, 0.15) is 13.1 Å². The van der Waals surface area contributed by atoms with E-state index in [4.69, 9.17) is 23.2 Å².